The zero-order valence-corrected chi connectivity index (χ0v) is 10.4. The lowest BCUT2D eigenvalue weighted by molar-refractivity contribution is 0.0695. The first-order valence-corrected chi connectivity index (χ1v) is 5.78. The fraction of sp³-hybridized carbons (Fsp3) is 0.133. The molecule has 0 radical (unpaired) electrons. The van der Waals surface area contributed by atoms with Gasteiger partial charge in [-0.05, 0) is 30.2 Å². The molecule has 0 fully saturated rings. The number of carboxylic acid groups (broad SMARTS) is 1. The molecule has 0 atom stereocenters. The van der Waals surface area contributed by atoms with Crippen molar-refractivity contribution in [3.05, 3.63) is 65.0 Å². The Balaban J connectivity index is 2.17. The van der Waals surface area contributed by atoms with Crippen LogP contribution < -0.4 is 4.74 Å². The Hall–Kier alpha value is -2.36. The number of hydrogen-bond acceptors (Lipinski definition) is 2. The highest BCUT2D eigenvalue weighted by Crippen LogP contribution is 2.23. The number of aromatic carboxylic acids is 1. The van der Waals surface area contributed by atoms with Gasteiger partial charge in [-0.3, -0.25) is 0 Å². The van der Waals surface area contributed by atoms with Crippen LogP contribution in [0.15, 0.2) is 42.5 Å². The molecule has 98 valence electrons. The lowest BCUT2D eigenvalue weighted by Gasteiger charge is -2.09. The summed E-state index contributed by atoms with van der Waals surface area (Å²) in [4.78, 5) is 10.9. The highest BCUT2D eigenvalue weighted by molar-refractivity contribution is 5.89. The smallest absolute Gasteiger partial charge is 0.336 e. The van der Waals surface area contributed by atoms with E-state index in [0.717, 1.165) is 11.6 Å². The zero-order chi connectivity index (χ0) is 13.8. The van der Waals surface area contributed by atoms with E-state index in [0.29, 0.717) is 5.56 Å². The molecule has 0 aromatic heterocycles. The third kappa shape index (κ3) is 3.10. The van der Waals surface area contributed by atoms with Gasteiger partial charge in [0.2, 0.25) is 0 Å². The van der Waals surface area contributed by atoms with Crippen LogP contribution in [0.3, 0.4) is 0 Å². The quantitative estimate of drug-likeness (QED) is 0.916. The Bertz CT molecular complexity index is 594. The zero-order valence-electron chi connectivity index (χ0n) is 10.4. The second kappa shape index (κ2) is 5.52. The van der Waals surface area contributed by atoms with Crippen molar-refractivity contribution >= 4 is 5.97 Å². The predicted molar refractivity (Wildman–Crippen MR) is 68.9 cm³/mol. The highest BCUT2D eigenvalue weighted by atomic mass is 19.1. The highest BCUT2D eigenvalue weighted by Gasteiger charge is 2.13. The number of aryl methyl sites for hydroxylation is 1. The molecule has 19 heavy (non-hydrogen) atoms. The fourth-order valence-electron chi connectivity index (χ4n) is 1.73. The molecular formula is C15H13FO3. The Morgan fingerprint density at radius 3 is 2.58 bits per heavy atom. The molecule has 0 aliphatic rings. The summed E-state index contributed by atoms with van der Waals surface area (Å²) < 4.78 is 19.1. The molecule has 0 unspecified atom stereocenters. The van der Waals surface area contributed by atoms with Crippen LogP contribution in [0.25, 0.3) is 0 Å². The number of hydrogen-bond donors (Lipinski definition) is 1. The van der Waals surface area contributed by atoms with Gasteiger partial charge < -0.3 is 9.84 Å². The summed E-state index contributed by atoms with van der Waals surface area (Å²) in [6.07, 6.45) is 0. The monoisotopic (exact) mass is 260 g/mol. The number of carbonyl (C=O) groups is 1. The summed E-state index contributed by atoms with van der Waals surface area (Å²) in [5.41, 5.74) is 1.34. The van der Waals surface area contributed by atoms with Crippen LogP contribution in [0.4, 0.5) is 4.39 Å². The van der Waals surface area contributed by atoms with Crippen molar-refractivity contribution in [3.63, 3.8) is 0 Å². The second-order valence-electron chi connectivity index (χ2n) is 4.18. The topological polar surface area (TPSA) is 46.5 Å². The molecule has 2 aromatic rings. The van der Waals surface area contributed by atoms with Crippen LogP contribution in [0.5, 0.6) is 5.75 Å². The summed E-state index contributed by atoms with van der Waals surface area (Å²) in [5.74, 6) is -1.75. The molecule has 0 spiro atoms. The van der Waals surface area contributed by atoms with E-state index >= 15 is 0 Å². The van der Waals surface area contributed by atoms with E-state index in [-0.39, 0.29) is 17.9 Å². The number of rotatable bonds is 4. The van der Waals surface area contributed by atoms with E-state index in [9.17, 15) is 9.18 Å². The van der Waals surface area contributed by atoms with Crippen molar-refractivity contribution in [2.45, 2.75) is 13.5 Å². The normalized spacial score (nSPS) is 10.2. The number of halogens is 1. The Labute approximate surface area is 110 Å². The molecule has 0 aliphatic carbocycles. The molecule has 0 saturated heterocycles. The van der Waals surface area contributed by atoms with Crippen LogP contribution in [0.1, 0.15) is 21.5 Å². The van der Waals surface area contributed by atoms with Gasteiger partial charge in [-0.1, -0.05) is 30.3 Å². The maximum Gasteiger partial charge on any atom is 0.336 e. The van der Waals surface area contributed by atoms with E-state index in [4.69, 9.17) is 9.84 Å². The summed E-state index contributed by atoms with van der Waals surface area (Å²) in [5, 5.41) is 8.88. The predicted octanol–water partition coefficient (Wildman–Crippen LogP) is 3.41. The van der Waals surface area contributed by atoms with Gasteiger partial charge in [0.15, 0.2) is 11.6 Å². The average molecular weight is 260 g/mol. The Morgan fingerprint density at radius 2 is 1.95 bits per heavy atom. The lowest BCUT2D eigenvalue weighted by atomic mass is 10.1. The largest absolute Gasteiger partial charge is 0.486 e. The fourth-order valence-corrected chi connectivity index (χ4v) is 1.73. The molecule has 0 aliphatic heterocycles. The average Bonchev–Trinajstić information content (AvgIpc) is 2.40. The van der Waals surface area contributed by atoms with E-state index < -0.39 is 11.8 Å². The Kier molecular flexibility index (Phi) is 3.80. The standard InChI is InChI=1S/C15H13FO3/c1-10-7-14(13(16)8-12(10)15(17)18)19-9-11-5-3-2-4-6-11/h2-8H,9H2,1H3,(H,17,18). The molecule has 3 nitrogen and oxygen atoms in total. The van der Waals surface area contributed by atoms with Crippen LogP contribution >= 0.6 is 0 Å². The lowest BCUT2D eigenvalue weighted by Crippen LogP contribution is -2.03. The SMILES string of the molecule is Cc1cc(OCc2ccccc2)c(F)cc1C(=O)O. The minimum absolute atomic E-state index is 0.0513. The van der Waals surface area contributed by atoms with Crippen molar-refractivity contribution in [2.75, 3.05) is 0 Å². The molecule has 2 rings (SSSR count). The van der Waals surface area contributed by atoms with Crippen LogP contribution in [-0.4, -0.2) is 11.1 Å². The number of carboxylic acids is 1. The Morgan fingerprint density at radius 1 is 1.26 bits per heavy atom. The molecule has 1 N–H and O–H groups in total. The van der Waals surface area contributed by atoms with Gasteiger partial charge in [0, 0.05) is 0 Å². The summed E-state index contributed by atoms with van der Waals surface area (Å²) >= 11 is 0. The van der Waals surface area contributed by atoms with Crippen LogP contribution in [0, 0.1) is 12.7 Å². The molecule has 2 aromatic carbocycles. The van der Waals surface area contributed by atoms with E-state index in [2.05, 4.69) is 0 Å². The van der Waals surface area contributed by atoms with Gasteiger partial charge in [-0.2, -0.15) is 0 Å². The second-order valence-corrected chi connectivity index (χ2v) is 4.18. The first kappa shape index (κ1) is 13.1. The summed E-state index contributed by atoms with van der Waals surface area (Å²) in [6.45, 7) is 1.85. The molecular weight excluding hydrogens is 247 g/mol. The molecule has 0 bridgehead atoms. The van der Waals surface area contributed by atoms with Gasteiger partial charge in [0.25, 0.3) is 0 Å². The summed E-state index contributed by atoms with van der Waals surface area (Å²) in [6, 6.07) is 11.8. The van der Waals surface area contributed by atoms with E-state index in [1.54, 1.807) is 6.92 Å². The van der Waals surface area contributed by atoms with Crippen LogP contribution in [-0.2, 0) is 6.61 Å². The van der Waals surface area contributed by atoms with E-state index in [1.807, 2.05) is 30.3 Å². The first-order valence-electron chi connectivity index (χ1n) is 5.78. The van der Waals surface area contributed by atoms with Crippen LogP contribution in [0.2, 0.25) is 0 Å². The van der Waals surface area contributed by atoms with Crippen molar-refractivity contribution < 1.29 is 19.0 Å². The first-order chi connectivity index (χ1) is 9.08. The maximum absolute atomic E-state index is 13.7. The van der Waals surface area contributed by atoms with Crippen molar-refractivity contribution in [1.82, 2.24) is 0 Å². The third-order valence-electron chi connectivity index (χ3n) is 2.75. The van der Waals surface area contributed by atoms with Gasteiger partial charge >= 0.3 is 5.97 Å². The van der Waals surface area contributed by atoms with Gasteiger partial charge in [0.05, 0.1) is 5.56 Å². The van der Waals surface area contributed by atoms with E-state index in [1.165, 1.54) is 6.07 Å². The minimum Gasteiger partial charge on any atom is -0.486 e. The van der Waals surface area contributed by atoms with Crippen molar-refractivity contribution in [3.8, 4) is 5.75 Å². The number of benzene rings is 2. The maximum atomic E-state index is 13.7. The summed E-state index contributed by atoms with van der Waals surface area (Å²) in [7, 11) is 0. The van der Waals surface area contributed by atoms with Crippen molar-refractivity contribution in [1.29, 1.82) is 0 Å². The van der Waals surface area contributed by atoms with Gasteiger partial charge in [0.1, 0.15) is 6.61 Å². The number of ether oxygens (including phenoxy) is 1. The minimum atomic E-state index is -1.15. The van der Waals surface area contributed by atoms with Gasteiger partial charge in [-0.25, -0.2) is 9.18 Å². The molecule has 4 heteroatoms. The van der Waals surface area contributed by atoms with Gasteiger partial charge in [-0.15, -0.1) is 0 Å². The molecule has 0 amide bonds. The molecule has 0 saturated carbocycles. The van der Waals surface area contributed by atoms with Crippen molar-refractivity contribution in [2.24, 2.45) is 0 Å². The third-order valence-corrected chi connectivity index (χ3v) is 2.75. The molecule has 0 heterocycles.